The van der Waals surface area contributed by atoms with Crippen LogP contribution in [0.1, 0.15) is 29.5 Å². The number of aromatic nitrogens is 2. The Bertz CT molecular complexity index is 1060. The van der Waals surface area contributed by atoms with Crippen molar-refractivity contribution < 1.29 is 13.7 Å². The van der Waals surface area contributed by atoms with Crippen molar-refractivity contribution in [1.82, 2.24) is 15.5 Å². The van der Waals surface area contributed by atoms with Gasteiger partial charge in [-0.15, -0.1) is 0 Å². The van der Waals surface area contributed by atoms with Gasteiger partial charge < -0.3 is 9.84 Å². The molecule has 0 saturated carbocycles. The molecule has 0 spiro atoms. The highest BCUT2D eigenvalue weighted by Gasteiger charge is 2.18. The Morgan fingerprint density at radius 1 is 1.07 bits per heavy atom. The van der Waals surface area contributed by atoms with E-state index in [9.17, 15) is 9.18 Å². The predicted octanol–water partition coefficient (Wildman–Crippen LogP) is 4.78. The molecule has 0 bridgehead atoms. The van der Waals surface area contributed by atoms with E-state index in [-0.39, 0.29) is 24.2 Å². The zero-order valence-electron chi connectivity index (χ0n) is 15.4. The molecule has 7 heteroatoms. The van der Waals surface area contributed by atoms with Crippen LogP contribution in [0, 0.1) is 5.82 Å². The second-order valence-corrected chi connectivity index (χ2v) is 7.27. The van der Waals surface area contributed by atoms with E-state index in [0.29, 0.717) is 18.1 Å². The number of carbonyl (C=O) groups excluding carboxylic acids is 1. The molecule has 2 aromatic carbocycles. The lowest BCUT2D eigenvalue weighted by molar-refractivity contribution is -0.121. The van der Waals surface area contributed by atoms with Crippen LogP contribution in [0.3, 0.4) is 0 Å². The summed E-state index contributed by atoms with van der Waals surface area (Å²) in [6, 6.07) is 17.3. The number of thiophene rings is 1. The fourth-order valence-corrected chi connectivity index (χ4v) is 3.61. The van der Waals surface area contributed by atoms with E-state index in [1.165, 1.54) is 12.1 Å². The third-order valence-electron chi connectivity index (χ3n) is 4.45. The van der Waals surface area contributed by atoms with Crippen molar-refractivity contribution in [3.05, 3.63) is 94.3 Å². The minimum absolute atomic E-state index is 0.154. The molecule has 1 N–H and O–H groups in total. The quantitative estimate of drug-likeness (QED) is 0.479. The highest BCUT2D eigenvalue weighted by atomic mass is 32.1. The summed E-state index contributed by atoms with van der Waals surface area (Å²) in [5.41, 5.74) is 2.63. The van der Waals surface area contributed by atoms with Crippen LogP contribution in [0.4, 0.5) is 4.39 Å². The van der Waals surface area contributed by atoms with Gasteiger partial charge in [0.15, 0.2) is 0 Å². The molecule has 0 aliphatic carbocycles. The molecule has 1 amide bonds. The van der Waals surface area contributed by atoms with Crippen molar-refractivity contribution in [2.24, 2.45) is 0 Å². The number of benzene rings is 2. The van der Waals surface area contributed by atoms with Crippen molar-refractivity contribution in [3.8, 4) is 11.4 Å². The maximum absolute atomic E-state index is 13.3. The monoisotopic (exact) mass is 407 g/mol. The predicted molar refractivity (Wildman–Crippen MR) is 109 cm³/mol. The number of aryl methyl sites for hydroxylation is 1. The SMILES string of the molecule is O=C(CCc1nc(-c2ccsc2)no1)NC(c1ccccc1)c1ccc(F)cc1. The molecule has 4 aromatic rings. The summed E-state index contributed by atoms with van der Waals surface area (Å²) in [6.45, 7) is 0. The van der Waals surface area contributed by atoms with Crippen LogP contribution in [-0.4, -0.2) is 16.0 Å². The van der Waals surface area contributed by atoms with Gasteiger partial charge in [-0.05, 0) is 34.7 Å². The fourth-order valence-electron chi connectivity index (χ4n) is 2.98. The summed E-state index contributed by atoms with van der Waals surface area (Å²) >= 11 is 1.56. The lowest BCUT2D eigenvalue weighted by Gasteiger charge is -2.20. The van der Waals surface area contributed by atoms with Gasteiger partial charge >= 0.3 is 0 Å². The summed E-state index contributed by atoms with van der Waals surface area (Å²) < 4.78 is 18.6. The van der Waals surface area contributed by atoms with Gasteiger partial charge in [-0.3, -0.25) is 4.79 Å². The average Bonchev–Trinajstić information content (AvgIpc) is 3.44. The second-order valence-electron chi connectivity index (χ2n) is 6.49. The zero-order chi connectivity index (χ0) is 20.1. The molecular formula is C22H18FN3O2S. The summed E-state index contributed by atoms with van der Waals surface area (Å²) in [7, 11) is 0. The van der Waals surface area contributed by atoms with Gasteiger partial charge in [-0.25, -0.2) is 4.39 Å². The summed E-state index contributed by atoms with van der Waals surface area (Å²) in [4.78, 5) is 16.9. The van der Waals surface area contributed by atoms with Crippen LogP contribution in [0.15, 0.2) is 75.9 Å². The molecule has 2 aromatic heterocycles. The van der Waals surface area contributed by atoms with Gasteiger partial charge in [0.25, 0.3) is 0 Å². The Morgan fingerprint density at radius 3 is 2.55 bits per heavy atom. The van der Waals surface area contributed by atoms with Crippen molar-refractivity contribution in [2.45, 2.75) is 18.9 Å². The maximum Gasteiger partial charge on any atom is 0.227 e. The number of nitrogens with zero attached hydrogens (tertiary/aromatic N) is 2. The van der Waals surface area contributed by atoms with Crippen LogP contribution in [0.5, 0.6) is 0 Å². The summed E-state index contributed by atoms with van der Waals surface area (Å²) in [5, 5.41) is 10.9. The van der Waals surface area contributed by atoms with Crippen molar-refractivity contribution in [3.63, 3.8) is 0 Å². The van der Waals surface area contributed by atoms with Gasteiger partial charge in [0.05, 0.1) is 6.04 Å². The Hall–Kier alpha value is -3.32. The molecule has 29 heavy (non-hydrogen) atoms. The minimum atomic E-state index is -0.367. The molecule has 0 fully saturated rings. The third kappa shape index (κ3) is 4.75. The number of nitrogens with one attached hydrogen (secondary N) is 1. The van der Waals surface area contributed by atoms with E-state index >= 15 is 0 Å². The Morgan fingerprint density at radius 2 is 1.83 bits per heavy atom. The highest BCUT2D eigenvalue weighted by molar-refractivity contribution is 7.08. The zero-order valence-corrected chi connectivity index (χ0v) is 16.2. The van der Waals surface area contributed by atoms with Gasteiger partial charge in [0, 0.05) is 23.8 Å². The lowest BCUT2D eigenvalue weighted by Crippen LogP contribution is -2.29. The summed E-state index contributed by atoms with van der Waals surface area (Å²) in [5.74, 6) is 0.470. The van der Waals surface area contributed by atoms with Crippen LogP contribution < -0.4 is 5.32 Å². The molecule has 5 nitrogen and oxygen atoms in total. The fraction of sp³-hybridized carbons (Fsp3) is 0.136. The number of amides is 1. The van der Waals surface area contributed by atoms with Crippen molar-refractivity contribution >= 4 is 17.2 Å². The van der Waals surface area contributed by atoms with E-state index < -0.39 is 0 Å². The van der Waals surface area contributed by atoms with Gasteiger partial charge in [-0.1, -0.05) is 47.6 Å². The largest absolute Gasteiger partial charge is 0.345 e. The number of carbonyl (C=O) groups is 1. The van der Waals surface area contributed by atoms with Crippen LogP contribution in [-0.2, 0) is 11.2 Å². The standard InChI is InChI=1S/C22H18FN3O2S/c23-18-8-6-16(7-9-18)21(15-4-2-1-3-5-15)24-19(27)10-11-20-25-22(26-28-20)17-12-13-29-14-17/h1-9,12-14,21H,10-11H2,(H,24,27). The minimum Gasteiger partial charge on any atom is -0.345 e. The first-order valence-electron chi connectivity index (χ1n) is 9.14. The van der Waals surface area contributed by atoms with Gasteiger partial charge in [-0.2, -0.15) is 16.3 Å². The van der Waals surface area contributed by atoms with Crippen LogP contribution in [0.25, 0.3) is 11.4 Å². The average molecular weight is 407 g/mol. The number of hydrogen-bond donors (Lipinski definition) is 1. The van der Waals surface area contributed by atoms with E-state index in [1.807, 2.05) is 47.2 Å². The van der Waals surface area contributed by atoms with Crippen LogP contribution in [0.2, 0.25) is 0 Å². The Labute approximate surface area is 171 Å². The first-order chi connectivity index (χ1) is 14.2. The lowest BCUT2D eigenvalue weighted by atomic mass is 9.98. The van der Waals surface area contributed by atoms with E-state index in [1.54, 1.807) is 23.5 Å². The molecule has 0 aliphatic heterocycles. The molecule has 2 heterocycles. The second kappa shape index (κ2) is 8.79. The molecule has 1 unspecified atom stereocenters. The number of rotatable bonds is 7. The highest BCUT2D eigenvalue weighted by Crippen LogP contribution is 2.23. The maximum atomic E-state index is 13.3. The molecule has 0 radical (unpaired) electrons. The molecular weight excluding hydrogens is 389 g/mol. The van der Waals surface area contributed by atoms with Gasteiger partial charge in [0.2, 0.25) is 17.6 Å². The normalized spacial score (nSPS) is 11.9. The first kappa shape index (κ1) is 19.0. The van der Waals surface area contributed by atoms with E-state index in [4.69, 9.17) is 4.52 Å². The van der Waals surface area contributed by atoms with Crippen molar-refractivity contribution in [2.75, 3.05) is 0 Å². The third-order valence-corrected chi connectivity index (χ3v) is 5.14. The topological polar surface area (TPSA) is 68.0 Å². The molecule has 0 saturated heterocycles. The smallest absolute Gasteiger partial charge is 0.227 e. The molecule has 146 valence electrons. The molecule has 4 rings (SSSR count). The van der Waals surface area contributed by atoms with Crippen molar-refractivity contribution in [1.29, 1.82) is 0 Å². The van der Waals surface area contributed by atoms with E-state index in [2.05, 4.69) is 15.5 Å². The molecule has 1 atom stereocenters. The first-order valence-corrected chi connectivity index (χ1v) is 10.1. The van der Waals surface area contributed by atoms with Crippen LogP contribution >= 0.6 is 11.3 Å². The van der Waals surface area contributed by atoms with Gasteiger partial charge in [0.1, 0.15) is 5.82 Å². The number of hydrogen-bond acceptors (Lipinski definition) is 5. The molecule has 0 aliphatic rings. The van der Waals surface area contributed by atoms with E-state index in [0.717, 1.165) is 16.7 Å². The Kier molecular flexibility index (Phi) is 5.76. The summed E-state index contributed by atoms with van der Waals surface area (Å²) in [6.07, 6.45) is 0.545. The Balaban J connectivity index is 1.43. The number of halogens is 1.